The van der Waals surface area contributed by atoms with Crippen molar-refractivity contribution in [2.75, 3.05) is 0 Å². The average molecular weight is 214 g/mol. The molecule has 0 aromatic rings. The first-order valence-corrected chi connectivity index (χ1v) is 8.58. The maximum absolute atomic E-state index is 2.44. The molecule has 0 heterocycles. The largest absolute Gasteiger partial charge is 0.0748 e. The van der Waals surface area contributed by atoms with Crippen LogP contribution in [0.1, 0.15) is 54.4 Å². The molecule has 0 N–H and O–H groups in total. The van der Waals surface area contributed by atoms with E-state index < -0.39 is 0 Å². The van der Waals surface area contributed by atoms with Crippen molar-refractivity contribution in [3.8, 4) is 0 Å². The van der Waals surface area contributed by atoms with Gasteiger partial charge in [-0.1, -0.05) is 54.1 Å². The molecule has 0 amide bonds. The lowest BCUT2D eigenvalue weighted by Crippen LogP contribution is -2.23. The van der Waals surface area contributed by atoms with Crippen molar-refractivity contribution >= 4 is 9.52 Å². The predicted molar refractivity (Wildman–Crippen MR) is 70.8 cm³/mol. The summed E-state index contributed by atoms with van der Waals surface area (Å²) in [6.45, 7) is 16.8. The molecule has 0 spiro atoms. The highest BCUT2D eigenvalue weighted by molar-refractivity contribution is 6.33. The van der Waals surface area contributed by atoms with E-state index in [-0.39, 0.29) is 9.52 Å². The fourth-order valence-electron chi connectivity index (χ4n) is 3.05. The van der Waals surface area contributed by atoms with Crippen LogP contribution in [0, 0.1) is 16.7 Å². The first-order valence-electron chi connectivity index (χ1n) is 6.16. The zero-order valence-corrected chi connectivity index (χ0v) is 12.8. The molecule has 0 aliphatic heterocycles. The maximum atomic E-state index is 2.44. The van der Waals surface area contributed by atoms with Crippen LogP contribution in [-0.2, 0) is 0 Å². The Hall–Kier alpha value is 0.217. The van der Waals surface area contributed by atoms with E-state index in [0.29, 0.717) is 10.8 Å². The average Bonchev–Trinajstić information content (AvgIpc) is 1.78. The second kappa shape index (κ2) is 5.34. The van der Waals surface area contributed by atoms with Gasteiger partial charge >= 0.3 is 0 Å². The minimum Gasteiger partial charge on any atom is -0.0748 e. The highest BCUT2D eigenvalue weighted by Gasteiger charge is 2.26. The Balaban J connectivity index is 4.06. The number of rotatable bonds is 5. The molecule has 0 aliphatic rings. The Kier molecular flexibility index (Phi) is 5.42. The van der Waals surface area contributed by atoms with Crippen molar-refractivity contribution in [3.05, 3.63) is 0 Å². The summed E-state index contributed by atoms with van der Waals surface area (Å²) >= 11 is 0. The van der Waals surface area contributed by atoms with E-state index in [0.717, 1.165) is 5.92 Å². The van der Waals surface area contributed by atoms with Gasteiger partial charge in [-0.15, -0.1) is 0 Å². The quantitative estimate of drug-likeness (QED) is 0.604. The SMILES string of the molecule is C[SiH2]CC(C)CC(C)(C)CC(C)(C)C. The maximum Gasteiger partial charge on any atom is 0.0169 e. The minimum atomic E-state index is 0.256. The summed E-state index contributed by atoms with van der Waals surface area (Å²) in [6.07, 6.45) is 2.75. The van der Waals surface area contributed by atoms with Crippen LogP contribution >= 0.6 is 0 Å². The Morgan fingerprint density at radius 1 is 1.07 bits per heavy atom. The normalized spacial score (nSPS) is 16.5. The molecule has 0 rings (SSSR count). The lowest BCUT2D eigenvalue weighted by molar-refractivity contribution is 0.179. The zero-order valence-electron chi connectivity index (χ0n) is 11.4. The number of hydrogen-bond acceptors (Lipinski definition) is 0. The van der Waals surface area contributed by atoms with Crippen molar-refractivity contribution in [2.24, 2.45) is 16.7 Å². The fraction of sp³-hybridized carbons (Fsp3) is 1.00. The summed E-state index contributed by atoms with van der Waals surface area (Å²) in [5, 5.41) is 0. The summed E-state index contributed by atoms with van der Waals surface area (Å²) in [7, 11) is 0.256. The van der Waals surface area contributed by atoms with Gasteiger partial charge in [0.1, 0.15) is 0 Å². The van der Waals surface area contributed by atoms with Crippen LogP contribution in [0.5, 0.6) is 0 Å². The van der Waals surface area contributed by atoms with Gasteiger partial charge in [0.25, 0.3) is 0 Å². The lowest BCUT2D eigenvalue weighted by atomic mass is 9.72. The van der Waals surface area contributed by atoms with Crippen molar-refractivity contribution in [3.63, 3.8) is 0 Å². The monoisotopic (exact) mass is 214 g/mol. The molecule has 0 nitrogen and oxygen atoms in total. The van der Waals surface area contributed by atoms with E-state index in [4.69, 9.17) is 0 Å². The molecule has 1 unspecified atom stereocenters. The fourth-order valence-corrected chi connectivity index (χ4v) is 4.24. The molecule has 0 aromatic heterocycles. The molecule has 0 radical (unpaired) electrons. The summed E-state index contributed by atoms with van der Waals surface area (Å²) in [5.41, 5.74) is 1.01. The third-order valence-corrected chi connectivity index (χ3v) is 4.25. The van der Waals surface area contributed by atoms with Crippen molar-refractivity contribution in [2.45, 2.75) is 67.0 Å². The van der Waals surface area contributed by atoms with Gasteiger partial charge in [-0.3, -0.25) is 0 Å². The van der Waals surface area contributed by atoms with Crippen molar-refractivity contribution < 1.29 is 0 Å². The first-order chi connectivity index (χ1) is 6.16. The molecule has 1 heteroatoms. The summed E-state index contributed by atoms with van der Waals surface area (Å²) in [5.74, 6) is 0.948. The second-order valence-corrected chi connectivity index (χ2v) is 8.58. The molecular weight excluding hydrogens is 184 g/mol. The molecule has 0 aliphatic carbocycles. The van der Waals surface area contributed by atoms with Gasteiger partial charge in [-0.25, -0.2) is 0 Å². The Morgan fingerprint density at radius 3 is 1.93 bits per heavy atom. The number of hydrogen-bond donors (Lipinski definition) is 0. The minimum absolute atomic E-state index is 0.256. The lowest BCUT2D eigenvalue weighted by Gasteiger charge is -2.34. The summed E-state index contributed by atoms with van der Waals surface area (Å²) in [6, 6.07) is 1.52. The van der Waals surface area contributed by atoms with E-state index in [2.05, 4.69) is 48.1 Å². The van der Waals surface area contributed by atoms with E-state index in [9.17, 15) is 0 Å². The van der Waals surface area contributed by atoms with Gasteiger partial charge in [-0.2, -0.15) is 0 Å². The molecule has 0 saturated heterocycles. The van der Waals surface area contributed by atoms with Crippen LogP contribution in [0.3, 0.4) is 0 Å². The zero-order chi connectivity index (χ0) is 11.4. The van der Waals surface area contributed by atoms with Crippen molar-refractivity contribution in [1.29, 1.82) is 0 Å². The van der Waals surface area contributed by atoms with E-state index in [1.807, 2.05) is 0 Å². The van der Waals surface area contributed by atoms with Gasteiger partial charge < -0.3 is 0 Å². The van der Waals surface area contributed by atoms with Crippen LogP contribution in [0.4, 0.5) is 0 Å². The molecule has 0 bridgehead atoms. The van der Waals surface area contributed by atoms with Crippen LogP contribution in [-0.4, -0.2) is 9.52 Å². The third-order valence-electron chi connectivity index (χ3n) is 2.69. The molecule has 1 atom stereocenters. The highest BCUT2D eigenvalue weighted by Crippen LogP contribution is 2.38. The van der Waals surface area contributed by atoms with Crippen molar-refractivity contribution in [1.82, 2.24) is 0 Å². The molecule has 0 fully saturated rings. The van der Waals surface area contributed by atoms with Gasteiger partial charge in [-0.05, 0) is 29.6 Å². The van der Waals surface area contributed by atoms with E-state index in [1.54, 1.807) is 0 Å². The molecular formula is C13H30Si. The Morgan fingerprint density at radius 2 is 1.57 bits per heavy atom. The van der Waals surface area contributed by atoms with Crippen LogP contribution in [0.2, 0.25) is 12.6 Å². The molecule has 0 saturated carbocycles. The van der Waals surface area contributed by atoms with Crippen LogP contribution in [0.15, 0.2) is 0 Å². The highest BCUT2D eigenvalue weighted by atomic mass is 28.2. The smallest absolute Gasteiger partial charge is 0.0169 e. The van der Waals surface area contributed by atoms with Gasteiger partial charge in [0, 0.05) is 9.52 Å². The third kappa shape index (κ3) is 7.60. The van der Waals surface area contributed by atoms with E-state index >= 15 is 0 Å². The predicted octanol–water partition coefficient (Wildman–Crippen LogP) is 4.11. The molecule has 14 heavy (non-hydrogen) atoms. The topological polar surface area (TPSA) is 0 Å². The first kappa shape index (κ1) is 14.2. The van der Waals surface area contributed by atoms with E-state index in [1.165, 1.54) is 18.9 Å². The molecule has 0 aromatic carbocycles. The van der Waals surface area contributed by atoms with Gasteiger partial charge in [0.2, 0.25) is 0 Å². The second-order valence-electron chi connectivity index (χ2n) is 7.00. The Labute approximate surface area is 93.7 Å². The van der Waals surface area contributed by atoms with Gasteiger partial charge in [0.05, 0.1) is 0 Å². The standard InChI is InChI=1S/C13H30Si/c1-11(9-14-7)8-13(5,6)10-12(2,3)4/h11H,8-10,14H2,1-7H3. The summed E-state index contributed by atoms with van der Waals surface area (Å²) in [4.78, 5) is 0. The van der Waals surface area contributed by atoms with Gasteiger partial charge in [0.15, 0.2) is 0 Å². The Bertz CT molecular complexity index is 153. The van der Waals surface area contributed by atoms with Crippen LogP contribution < -0.4 is 0 Å². The molecule has 86 valence electrons. The van der Waals surface area contributed by atoms with Crippen LogP contribution in [0.25, 0.3) is 0 Å². The summed E-state index contributed by atoms with van der Waals surface area (Å²) < 4.78 is 0.